The zero-order chi connectivity index (χ0) is 30.0. The number of carbonyl (C=O) groups excluding carboxylic acids is 1. The summed E-state index contributed by atoms with van der Waals surface area (Å²) in [6.45, 7) is 8.38. The Morgan fingerprint density at radius 1 is 0.930 bits per heavy atom. The van der Waals surface area contributed by atoms with Gasteiger partial charge in [0.2, 0.25) is 0 Å². The summed E-state index contributed by atoms with van der Waals surface area (Å²) in [5.74, 6) is 3.32. The van der Waals surface area contributed by atoms with E-state index in [1.807, 2.05) is 66.3 Å². The van der Waals surface area contributed by atoms with E-state index in [0.717, 1.165) is 50.5 Å². The smallest absolute Gasteiger partial charge is 0.320 e. The number of rotatable bonds is 6. The van der Waals surface area contributed by atoms with Gasteiger partial charge in [-0.2, -0.15) is 16.9 Å². The number of nitrogens with one attached hydrogen (secondary N) is 3. The lowest BCUT2D eigenvalue weighted by atomic mass is 9.88. The Kier molecular flexibility index (Phi) is 8.25. The predicted molar refractivity (Wildman–Crippen MR) is 180 cm³/mol. The Hall–Kier alpha value is -4.11. The molecule has 9 heteroatoms. The number of carbonyl (C=O) groups is 1. The molecule has 6 rings (SSSR count). The summed E-state index contributed by atoms with van der Waals surface area (Å²) < 4.78 is 0. The molecule has 222 valence electrons. The fraction of sp³-hybridized carbons (Fsp3) is 0.353. The van der Waals surface area contributed by atoms with Gasteiger partial charge in [0.05, 0.1) is 17.6 Å². The molecule has 3 N–H and O–H groups in total. The van der Waals surface area contributed by atoms with Crippen molar-refractivity contribution in [1.29, 1.82) is 0 Å². The average Bonchev–Trinajstić information content (AvgIpc) is 3.43. The zero-order valence-corrected chi connectivity index (χ0v) is 26.0. The topological polar surface area (TPSA) is 94.5 Å². The fourth-order valence-corrected chi connectivity index (χ4v) is 6.68. The molecule has 2 aliphatic rings. The van der Waals surface area contributed by atoms with E-state index in [1.165, 1.54) is 24.3 Å². The summed E-state index contributed by atoms with van der Waals surface area (Å²) in [5, 5.41) is 18.6. The number of hydrogen-bond acceptors (Lipinski definition) is 7. The first-order valence-corrected chi connectivity index (χ1v) is 16.1. The van der Waals surface area contributed by atoms with E-state index < -0.39 is 0 Å². The Balaban J connectivity index is 1.20. The molecule has 2 aliphatic heterocycles. The maximum atomic E-state index is 13.4. The summed E-state index contributed by atoms with van der Waals surface area (Å²) in [6.07, 6.45) is 6.39. The van der Waals surface area contributed by atoms with Gasteiger partial charge in [0.15, 0.2) is 0 Å². The number of urea groups is 1. The van der Waals surface area contributed by atoms with Crippen LogP contribution in [-0.4, -0.2) is 45.4 Å². The number of aryl methyl sites for hydroxylation is 1. The summed E-state index contributed by atoms with van der Waals surface area (Å²) in [4.78, 5) is 22.6. The molecule has 0 aliphatic carbocycles. The van der Waals surface area contributed by atoms with Crippen LogP contribution in [0.5, 0.6) is 0 Å². The minimum atomic E-state index is -0.324. The Morgan fingerprint density at radius 2 is 1.72 bits per heavy atom. The third kappa shape index (κ3) is 6.62. The van der Waals surface area contributed by atoms with Gasteiger partial charge in [-0.15, -0.1) is 0 Å². The Labute approximate surface area is 257 Å². The van der Waals surface area contributed by atoms with Gasteiger partial charge in [0.1, 0.15) is 12.0 Å². The molecular formula is C34H39N7OS. The molecule has 1 saturated heterocycles. The lowest BCUT2D eigenvalue weighted by Gasteiger charge is -2.24. The lowest BCUT2D eigenvalue weighted by molar-refractivity contribution is 0.248. The van der Waals surface area contributed by atoms with Crippen LogP contribution in [0.4, 0.5) is 22.0 Å². The number of pyridine rings is 2. The minimum absolute atomic E-state index is 0.118. The van der Waals surface area contributed by atoms with Crippen LogP contribution in [0.15, 0.2) is 78.2 Å². The molecule has 2 amide bonds. The molecule has 2 aromatic heterocycles. The molecule has 0 bridgehead atoms. The number of hydrazone groups is 1. The van der Waals surface area contributed by atoms with Crippen molar-refractivity contribution < 1.29 is 4.79 Å². The lowest BCUT2D eigenvalue weighted by Crippen LogP contribution is -2.45. The van der Waals surface area contributed by atoms with Gasteiger partial charge < -0.3 is 16.0 Å². The van der Waals surface area contributed by atoms with E-state index in [2.05, 4.69) is 66.0 Å². The number of aromatic nitrogens is 2. The van der Waals surface area contributed by atoms with Crippen molar-refractivity contribution in [2.24, 2.45) is 10.5 Å². The quantitative estimate of drug-likeness (QED) is 0.212. The molecule has 0 spiro atoms. The molecule has 2 aromatic carbocycles. The van der Waals surface area contributed by atoms with Crippen LogP contribution in [0.2, 0.25) is 0 Å². The second-order valence-electron chi connectivity index (χ2n) is 12.3. The maximum Gasteiger partial charge on any atom is 0.320 e. The molecular weight excluding hydrogens is 554 g/mol. The summed E-state index contributed by atoms with van der Waals surface area (Å²) in [7, 11) is 0. The van der Waals surface area contributed by atoms with Crippen LogP contribution in [0.25, 0.3) is 21.9 Å². The van der Waals surface area contributed by atoms with Crippen molar-refractivity contribution in [3.8, 4) is 11.1 Å². The molecule has 4 heterocycles. The van der Waals surface area contributed by atoms with Crippen molar-refractivity contribution in [2.45, 2.75) is 59.2 Å². The highest BCUT2D eigenvalue weighted by Crippen LogP contribution is 2.34. The maximum absolute atomic E-state index is 13.4. The molecule has 0 saturated carbocycles. The van der Waals surface area contributed by atoms with E-state index in [-0.39, 0.29) is 17.6 Å². The number of benzene rings is 2. The van der Waals surface area contributed by atoms with Crippen molar-refractivity contribution >= 4 is 51.5 Å². The minimum Gasteiger partial charge on any atom is -0.367 e. The molecule has 4 aromatic rings. The molecule has 1 unspecified atom stereocenters. The first-order chi connectivity index (χ1) is 20.7. The number of hydrogen-bond donors (Lipinski definition) is 3. The monoisotopic (exact) mass is 593 g/mol. The van der Waals surface area contributed by atoms with Crippen LogP contribution < -0.4 is 21.0 Å². The molecule has 1 fully saturated rings. The van der Waals surface area contributed by atoms with Gasteiger partial charge in [0.25, 0.3) is 0 Å². The largest absolute Gasteiger partial charge is 0.367 e. The summed E-state index contributed by atoms with van der Waals surface area (Å²) >= 11 is 2.02. The molecule has 8 nitrogen and oxygen atoms in total. The van der Waals surface area contributed by atoms with E-state index in [9.17, 15) is 4.79 Å². The van der Waals surface area contributed by atoms with Gasteiger partial charge in [-0.3, -0.25) is 4.98 Å². The zero-order valence-electron chi connectivity index (χ0n) is 25.2. The van der Waals surface area contributed by atoms with Gasteiger partial charge in [-0.25, -0.2) is 14.8 Å². The van der Waals surface area contributed by atoms with E-state index in [0.29, 0.717) is 12.5 Å². The van der Waals surface area contributed by atoms with Crippen molar-refractivity contribution in [3.63, 3.8) is 0 Å². The van der Waals surface area contributed by atoms with Gasteiger partial charge in [0, 0.05) is 46.4 Å². The fourth-order valence-electron chi connectivity index (χ4n) is 5.57. The van der Waals surface area contributed by atoms with E-state index >= 15 is 0 Å². The summed E-state index contributed by atoms with van der Waals surface area (Å²) in [5.41, 5.74) is 5.55. The second kappa shape index (κ2) is 12.2. The molecule has 43 heavy (non-hydrogen) atoms. The first kappa shape index (κ1) is 29.0. The van der Waals surface area contributed by atoms with E-state index in [4.69, 9.17) is 10.1 Å². The van der Waals surface area contributed by atoms with Crippen LogP contribution in [-0.2, 0) is 0 Å². The molecule has 0 radical (unpaired) electrons. The van der Waals surface area contributed by atoms with Crippen molar-refractivity contribution in [1.82, 2.24) is 15.3 Å². The standard InChI is InChI=1S/C34H39N7OS/c1-22-9-11-25(21-35-22)41-32(19-30(40-41)34(2,3)4)39-33(42)38-29-13-12-26(27-7-5-6-8-28(27)29)23-10-14-31(36-20-23)37-24-15-17-43-18-16-24/h5-14,20-21,24,32H,15-19H2,1-4H3,(H,36,37)(H2,38,39,42). The Bertz CT molecular complexity index is 1620. The van der Waals surface area contributed by atoms with Crippen molar-refractivity contribution in [2.75, 3.05) is 27.1 Å². The number of nitrogens with zero attached hydrogens (tertiary/aromatic N) is 4. The highest BCUT2D eigenvalue weighted by Gasteiger charge is 2.34. The number of fused-ring (bicyclic) bond motifs is 1. The number of thioether (sulfide) groups is 1. The first-order valence-electron chi connectivity index (χ1n) is 14.9. The number of anilines is 3. The van der Waals surface area contributed by atoms with Gasteiger partial charge in [-0.05, 0) is 72.6 Å². The predicted octanol–water partition coefficient (Wildman–Crippen LogP) is 7.67. The van der Waals surface area contributed by atoms with Crippen molar-refractivity contribution in [3.05, 3.63) is 78.8 Å². The normalized spacial score (nSPS) is 17.5. The third-order valence-electron chi connectivity index (χ3n) is 8.05. The second-order valence-corrected chi connectivity index (χ2v) is 13.5. The van der Waals surface area contributed by atoms with Crippen LogP contribution in [0.1, 0.15) is 45.7 Å². The van der Waals surface area contributed by atoms with Crippen LogP contribution in [0, 0.1) is 12.3 Å². The molecule has 1 atom stereocenters. The van der Waals surface area contributed by atoms with Crippen LogP contribution >= 0.6 is 11.8 Å². The van der Waals surface area contributed by atoms with Gasteiger partial charge >= 0.3 is 6.03 Å². The average molecular weight is 594 g/mol. The van der Waals surface area contributed by atoms with Crippen LogP contribution in [0.3, 0.4) is 0 Å². The highest BCUT2D eigenvalue weighted by molar-refractivity contribution is 7.99. The highest BCUT2D eigenvalue weighted by atomic mass is 32.2. The summed E-state index contributed by atoms with van der Waals surface area (Å²) in [6, 6.07) is 20.5. The van der Waals surface area contributed by atoms with Gasteiger partial charge in [-0.1, -0.05) is 51.1 Å². The number of amides is 2. The Morgan fingerprint density at radius 3 is 2.42 bits per heavy atom. The SMILES string of the molecule is Cc1ccc(N2N=C(C(C)(C)C)CC2NC(=O)Nc2ccc(-c3ccc(NC4CCSCC4)nc3)c3ccccc23)cn1. The third-order valence-corrected chi connectivity index (χ3v) is 9.10. The van der Waals surface area contributed by atoms with E-state index in [1.54, 1.807) is 6.20 Å².